The molecule has 1 atom stereocenters. The summed E-state index contributed by atoms with van der Waals surface area (Å²) in [6.45, 7) is 5.46. The van der Waals surface area contributed by atoms with E-state index in [-0.39, 0.29) is 18.2 Å². The maximum absolute atomic E-state index is 13.2. The zero-order valence-electron chi connectivity index (χ0n) is 20.9. The van der Waals surface area contributed by atoms with Gasteiger partial charge in [0.15, 0.2) is 11.5 Å². The first-order valence-electron chi connectivity index (χ1n) is 12.1. The van der Waals surface area contributed by atoms with E-state index in [9.17, 15) is 4.79 Å². The molecule has 1 fully saturated rings. The van der Waals surface area contributed by atoms with Crippen LogP contribution in [0.2, 0.25) is 0 Å². The van der Waals surface area contributed by atoms with Crippen molar-refractivity contribution in [3.63, 3.8) is 0 Å². The number of nitrogens with one attached hydrogen (secondary N) is 1. The number of hydrogen-bond acceptors (Lipinski definition) is 5. The van der Waals surface area contributed by atoms with Crippen molar-refractivity contribution < 1.29 is 19.0 Å². The fraction of sp³-hybridized carbons (Fsp3) is 0.407. The standard InChI is InChI=1S/C27H34N4O4/c1-19(2)28-27(32)31(17-21-13-10-16-34-21)18-22-25(20-11-6-5-7-12-20)29-30(3)26(22)35-24-15-9-8-14-23(24)33-4/h5-9,11-12,14-15,19,21H,10,13,16-18H2,1-4H3,(H,28,32)/t21-/m0/s1. The summed E-state index contributed by atoms with van der Waals surface area (Å²) in [5.41, 5.74) is 2.54. The predicted molar refractivity (Wildman–Crippen MR) is 135 cm³/mol. The first kappa shape index (κ1) is 24.6. The maximum atomic E-state index is 13.2. The number of carbonyl (C=O) groups excluding carboxylic acids is 1. The smallest absolute Gasteiger partial charge is 0.317 e. The summed E-state index contributed by atoms with van der Waals surface area (Å²) in [5.74, 6) is 1.76. The minimum Gasteiger partial charge on any atom is -0.493 e. The summed E-state index contributed by atoms with van der Waals surface area (Å²) in [4.78, 5) is 15.0. The normalized spacial score (nSPS) is 15.3. The van der Waals surface area contributed by atoms with Gasteiger partial charge in [-0.15, -0.1) is 0 Å². The van der Waals surface area contributed by atoms with Crippen molar-refractivity contribution in [1.29, 1.82) is 0 Å². The number of benzene rings is 2. The molecular weight excluding hydrogens is 444 g/mol. The maximum Gasteiger partial charge on any atom is 0.317 e. The van der Waals surface area contributed by atoms with Crippen molar-refractivity contribution in [2.24, 2.45) is 7.05 Å². The lowest BCUT2D eigenvalue weighted by molar-refractivity contribution is 0.0789. The van der Waals surface area contributed by atoms with Crippen molar-refractivity contribution >= 4 is 6.03 Å². The molecule has 8 heteroatoms. The number of aryl methyl sites for hydroxylation is 1. The van der Waals surface area contributed by atoms with Crippen LogP contribution in [-0.4, -0.2) is 53.1 Å². The number of aromatic nitrogens is 2. The van der Waals surface area contributed by atoms with Crippen LogP contribution >= 0.6 is 0 Å². The van der Waals surface area contributed by atoms with Crippen LogP contribution in [0.15, 0.2) is 54.6 Å². The molecule has 3 aromatic rings. The third-order valence-electron chi connectivity index (χ3n) is 5.91. The fourth-order valence-electron chi connectivity index (χ4n) is 4.24. The first-order chi connectivity index (χ1) is 17.0. The Labute approximate surface area is 206 Å². The molecule has 1 N–H and O–H groups in total. The molecule has 2 amide bonds. The third-order valence-corrected chi connectivity index (χ3v) is 5.91. The van der Waals surface area contributed by atoms with Gasteiger partial charge >= 0.3 is 6.03 Å². The summed E-state index contributed by atoms with van der Waals surface area (Å²) in [7, 11) is 3.46. The van der Waals surface area contributed by atoms with Gasteiger partial charge < -0.3 is 24.4 Å². The molecule has 0 bridgehead atoms. The van der Waals surface area contributed by atoms with Gasteiger partial charge in [-0.1, -0.05) is 42.5 Å². The molecule has 1 saturated heterocycles. The van der Waals surface area contributed by atoms with Crippen molar-refractivity contribution in [3.05, 3.63) is 60.2 Å². The summed E-state index contributed by atoms with van der Waals surface area (Å²) in [6, 6.07) is 17.3. The van der Waals surface area contributed by atoms with Gasteiger partial charge in [0, 0.05) is 31.8 Å². The lowest BCUT2D eigenvalue weighted by Crippen LogP contribution is -2.45. The van der Waals surface area contributed by atoms with E-state index in [1.165, 1.54) is 0 Å². The SMILES string of the molecule is COc1ccccc1Oc1c(CN(C[C@@H]2CCCO2)C(=O)NC(C)C)c(-c2ccccc2)nn1C. The second kappa shape index (κ2) is 11.3. The molecule has 8 nitrogen and oxygen atoms in total. The van der Waals surface area contributed by atoms with Gasteiger partial charge in [0.1, 0.15) is 5.69 Å². The van der Waals surface area contributed by atoms with Crippen LogP contribution in [0.4, 0.5) is 4.79 Å². The second-order valence-electron chi connectivity index (χ2n) is 8.99. The van der Waals surface area contributed by atoms with Gasteiger partial charge in [-0.2, -0.15) is 5.10 Å². The van der Waals surface area contributed by atoms with E-state index in [0.717, 1.165) is 36.3 Å². The summed E-state index contributed by atoms with van der Waals surface area (Å²) < 4.78 is 19.5. The highest BCUT2D eigenvalue weighted by Crippen LogP contribution is 2.37. The van der Waals surface area contributed by atoms with Crippen LogP contribution in [0, 0.1) is 0 Å². The Kier molecular flexibility index (Phi) is 7.92. The molecule has 0 unspecified atom stereocenters. The molecule has 0 spiro atoms. The topological polar surface area (TPSA) is 77.8 Å². The largest absolute Gasteiger partial charge is 0.493 e. The molecule has 1 aromatic heterocycles. The van der Waals surface area contributed by atoms with Crippen LogP contribution in [0.5, 0.6) is 17.4 Å². The van der Waals surface area contributed by atoms with Gasteiger partial charge in [-0.25, -0.2) is 9.48 Å². The third kappa shape index (κ3) is 5.95. The van der Waals surface area contributed by atoms with E-state index in [2.05, 4.69) is 5.32 Å². The van der Waals surface area contributed by atoms with Gasteiger partial charge in [0.2, 0.25) is 5.88 Å². The molecule has 1 aliphatic rings. The number of para-hydroxylation sites is 2. The average molecular weight is 479 g/mol. The molecule has 4 rings (SSSR count). The molecular formula is C27H34N4O4. The number of methoxy groups -OCH3 is 1. The van der Waals surface area contributed by atoms with E-state index in [0.29, 0.717) is 30.5 Å². The van der Waals surface area contributed by atoms with E-state index in [4.69, 9.17) is 19.3 Å². The number of carbonyl (C=O) groups is 1. The molecule has 186 valence electrons. The van der Waals surface area contributed by atoms with Gasteiger partial charge in [-0.05, 0) is 38.8 Å². The Hall–Kier alpha value is -3.52. The Morgan fingerprint density at radius 1 is 1.17 bits per heavy atom. The van der Waals surface area contributed by atoms with Crippen LogP contribution in [0.25, 0.3) is 11.3 Å². The van der Waals surface area contributed by atoms with Gasteiger partial charge in [-0.3, -0.25) is 0 Å². The zero-order chi connectivity index (χ0) is 24.8. The highest BCUT2D eigenvalue weighted by atomic mass is 16.5. The van der Waals surface area contributed by atoms with Crippen LogP contribution < -0.4 is 14.8 Å². The summed E-state index contributed by atoms with van der Waals surface area (Å²) in [5, 5.41) is 7.83. The number of ether oxygens (including phenoxy) is 3. The quantitative estimate of drug-likeness (QED) is 0.469. The Morgan fingerprint density at radius 2 is 1.89 bits per heavy atom. The lowest BCUT2D eigenvalue weighted by Gasteiger charge is -2.27. The number of rotatable bonds is 9. The van der Waals surface area contributed by atoms with Gasteiger partial charge in [0.25, 0.3) is 0 Å². The minimum atomic E-state index is -0.137. The number of nitrogens with zero attached hydrogens (tertiary/aromatic N) is 3. The van der Waals surface area contributed by atoms with Crippen LogP contribution in [-0.2, 0) is 18.3 Å². The van der Waals surface area contributed by atoms with E-state index in [1.54, 1.807) is 16.7 Å². The lowest BCUT2D eigenvalue weighted by atomic mass is 10.1. The molecule has 0 radical (unpaired) electrons. The van der Waals surface area contributed by atoms with Gasteiger partial charge in [0.05, 0.1) is 25.3 Å². The van der Waals surface area contributed by atoms with E-state index >= 15 is 0 Å². The van der Waals surface area contributed by atoms with Crippen molar-refractivity contribution in [2.45, 2.75) is 45.4 Å². The predicted octanol–water partition coefficient (Wildman–Crippen LogP) is 4.99. The molecule has 1 aliphatic heterocycles. The first-order valence-corrected chi connectivity index (χ1v) is 12.1. The number of amides is 2. The van der Waals surface area contributed by atoms with E-state index < -0.39 is 0 Å². The van der Waals surface area contributed by atoms with Crippen molar-refractivity contribution in [1.82, 2.24) is 20.0 Å². The Morgan fingerprint density at radius 3 is 2.54 bits per heavy atom. The number of urea groups is 1. The molecule has 2 aromatic carbocycles. The molecule has 35 heavy (non-hydrogen) atoms. The number of hydrogen-bond donors (Lipinski definition) is 1. The van der Waals surface area contributed by atoms with Crippen LogP contribution in [0.3, 0.4) is 0 Å². The molecule has 2 heterocycles. The minimum absolute atomic E-state index is 0.0151. The highest BCUT2D eigenvalue weighted by molar-refractivity contribution is 5.75. The van der Waals surface area contributed by atoms with Crippen molar-refractivity contribution in [3.8, 4) is 28.6 Å². The molecule has 0 aliphatic carbocycles. The average Bonchev–Trinajstić information content (AvgIpc) is 3.47. The zero-order valence-corrected chi connectivity index (χ0v) is 20.9. The van der Waals surface area contributed by atoms with E-state index in [1.807, 2.05) is 75.5 Å². The summed E-state index contributed by atoms with van der Waals surface area (Å²) >= 11 is 0. The second-order valence-corrected chi connectivity index (χ2v) is 8.99. The van der Waals surface area contributed by atoms with Crippen LogP contribution in [0.1, 0.15) is 32.3 Å². The van der Waals surface area contributed by atoms with Crippen molar-refractivity contribution in [2.75, 3.05) is 20.3 Å². The summed E-state index contributed by atoms with van der Waals surface area (Å²) in [6.07, 6.45) is 1.96. The Bertz CT molecular complexity index is 1120. The fourth-order valence-corrected chi connectivity index (χ4v) is 4.24. The monoisotopic (exact) mass is 478 g/mol. The highest BCUT2D eigenvalue weighted by Gasteiger charge is 2.28. The Balaban J connectivity index is 1.75. The molecule has 0 saturated carbocycles.